The summed E-state index contributed by atoms with van der Waals surface area (Å²) in [6.07, 6.45) is 7.16. The van der Waals surface area contributed by atoms with Crippen molar-refractivity contribution in [1.82, 2.24) is 19.7 Å². The number of hydrogen-bond acceptors (Lipinski definition) is 6. The maximum Gasteiger partial charge on any atom is 0.226 e. The van der Waals surface area contributed by atoms with Crippen LogP contribution in [0.15, 0.2) is 30.5 Å². The van der Waals surface area contributed by atoms with Crippen molar-refractivity contribution in [2.24, 2.45) is 12.8 Å². The Kier molecular flexibility index (Phi) is 5.02. The van der Waals surface area contributed by atoms with Crippen molar-refractivity contribution in [3.05, 3.63) is 41.6 Å². The Labute approximate surface area is 159 Å². The average molecular weight is 363 g/mol. The molecule has 1 atom stereocenters. The van der Waals surface area contributed by atoms with E-state index in [1.54, 1.807) is 10.9 Å². The largest absolute Gasteiger partial charge is 0.365 e. The third kappa shape index (κ3) is 4.36. The standard InChI is InChI=1S/C20H25N7/c1-6-13-7-9-14(10-8-13)16(21)12-22-19-24-17(26-20(2,3)4)15-11-23-27(5)18(15)25-19/h1,7-11,16H,12,21H2,2-5H3,(H2,22,24,25,26). The van der Waals surface area contributed by atoms with E-state index in [0.717, 1.165) is 28.0 Å². The molecule has 0 bridgehead atoms. The molecule has 27 heavy (non-hydrogen) atoms. The lowest BCUT2D eigenvalue weighted by Crippen LogP contribution is -2.27. The van der Waals surface area contributed by atoms with Gasteiger partial charge >= 0.3 is 0 Å². The summed E-state index contributed by atoms with van der Waals surface area (Å²) >= 11 is 0. The van der Waals surface area contributed by atoms with Gasteiger partial charge in [-0.15, -0.1) is 6.42 Å². The lowest BCUT2D eigenvalue weighted by Gasteiger charge is -2.22. The molecule has 3 aromatic rings. The highest BCUT2D eigenvalue weighted by Crippen LogP contribution is 2.24. The molecule has 4 N–H and O–H groups in total. The van der Waals surface area contributed by atoms with Gasteiger partial charge in [0.1, 0.15) is 5.82 Å². The van der Waals surface area contributed by atoms with E-state index in [1.807, 2.05) is 31.3 Å². The van der Waals surface area contributed by atoms with Crippen molar-refractivity contribution in [2.45, 2.75) is 32.4 Å². The molecule has 7 nitrogen and oxygen atoms in total. The molecular weight excluding hydrogens is 338 g/mol. The highest BCUT2D eigenvalue weighted by Gasteiger charge is 2.17. The Hall–Kier alpha value is -3.11. The van der Waals surface area contributed by atoms with Crippen molar-refractivity contribution in [3.8, 4) is 12.3 Å². The van der Waals surface area contributed by atoms with E-state index in [0.29, 0.717) is 12.5 Å². The molecular formula is C20H25N7. The molecule has 0 aliphatic carbocycles. The van der Waals surface area contributed by atoms with Gasteiger partial charge in [-0.2, -0.15) is 15.1 Å². The highest BCUT2D eigenvalue weighted by molar-refractivity contribution is 5.87. The quantitative estimate of drug-likeness (QED) is 0.604. The smallest absolute Gasteiger partial charge is 0.226 e. The Morgan fingerprint density at radius 1 is 1.22 bits per heavy atom. The molecule has 0 aliphatic heterocycles. The van der Waals surface area contributed by atoms with E-state index < -0.39 is 0 Å². The summed E-state index contributed by atoms with van der Waals surface area (Å²) in [6, 6.07) is 7.46. The zero-order valence-electron chi connectivity index (χ0n) is 16.1. The maximum atomic E-state index is 6.29. The molecule has 0 saturated heterocycles. The van der Waals surface area contributed by atoms with Gasteiger partial charge in [-0.25, -0.2) is 0 Å². The number of rotatable bonds is 5. The summed E-state index contributed by atoms with van der Waals surface area (Å²) in [6.45, 7) is 6.74. The number of nitrogens with two attached hydrogens (primary N) is 1. The molecule has 0 radical (unpaired) electrons. The second-order valence-corrected chi connectivity index (χ2v) is 7.53. The predicted octanol–water partition coefficient (Wildman–Crippen LogP) is 2.67. The van der Waals surface area contributed by atoms with Crippen LogP contribution in [0.25, 0.3) is 11.0 Å². The molecule has 0 spiro atoms. The number of benzene rings is 1. The van der Waals surface area contributed by atoms with Gasteiger partial charge in [0.25, 0.3) is 0 Å². The minimum atomic E-state index is -0.207. The fourth-order valence-corrected chi connectivity index (χ4v) is 2.70. The summed E-state index contributed by atoms with van der Waals surface area (Å²) in [5.41, 5.74) is 8.75. The van der Waals surface area contributed by atoms with Crippen LogP contribution in [0.4, 0.5) is 11.8 Å². The van der Waals surface area contributed by atoms with Crippen LogP contribution in [0.5, 0.6) is 0 Å². The van der Waals surface area contributed by atoms with Crippen molar-refractivity contribution in [1.29, 1.82) is 0 Å². The number of anilines is 2. The molecule has 3 rings (SSSR count). The fraction of sp³-hybridized carbons (Fsp3) is 0.350. The minimum Gasteiger partial charge on any atom is -0.365 e. The van der Waals surface area contributed by atoms with Gasteiger partial charge in [0.05, 0.1) is 11.6 Å². The number of nitrogens with zero attached hydrogens (tertiary/aromatic N) is 4. The molecule has 0 amide bonds. The Morgan fingerprint density at radius 3 is 2.56 bits per heavy atom. The second-order valence-electron chi connectivity index (χ2n) is 7.53. The third-order valence-corrected chi connectivity index (χ3v) is 4.07. The lowest BCUT2D eigenvalue weighted by molar-refractivity contribution is 0.631. The Morgan fingerprint density at radius 2 is 1.93 bits per heavy atom. The summed E-state index contributed by atoms with van der Waals surface area (Å²) < 4.78 is 1.73. The first-order chi connectivity index (χ1) is 12.8. The fourth-order valence-electron chi connectivity index (χ4n) is 2.70. The highest BCUT2D eigenvalue weighted by atomic mass is 15.3. The van der Waals surface area contributed by atoms with Gasteiger partial charge in [0.15, 0.2) is 5.65 Å². The number of hydrogen-bond donors (Lipinski definition) is 3. The lowest BCUT2D eigenvalue weighted by atomic mass is 10.1. The number of aromatic nitrogens is 4. The van der Waals surface area contributed by atoms with E-state index in [9.17, 15) is 0 Å². The van der Waals surface area contributed by atoms with Crippen LogP contribution in [0, 0.1) is 12.3 Å². The van der Waals surface area contributed by atoms with E-state index in [1.165, 1.54) is 0 Å². The molecule has 140 valence electrons. The number of terminal acetylenes is 1. The van der Waals surface area contributed by atoms with Crippen molar-refractivity contribution < 1.29 is 0 Å². The summed E-state index contributed by atoms with van der Waals surface area (Å²) in [5.74, 6) is 3.86. The first kappa shape index (κ1) is 18.7. The summed E-state index contributed by atoms with van der Waals surface area (Å²) in [5, 5.41) is 11.8. The second kappa shape index (κ2) is 7.25. The zero-order chi connectivity index (χ0) is 19.6. The monoisotopic (exact) mass is 363 g/mol. The topological polar surface area (TPSA) is 93.7 Å². The number of nitrogens with one attached hydrogen (secondary N) is 2. The van der Waals surface area contributed by atoms with E-state index in [4.69, 9.17) is 12.2 Å². The Balaban J connectivity index is 1.81. The van der Waals surface area contributed by atoms with Gasteiger partial charge in [-0.05, 0) is 38.5 Å². The van der Waals surface area contributed by atoms with Gasteiger partial charge in [-0.3, -0.25) is 4.68 Å². The number of aryl methyl sites for hydroxylation is 1. The van der Waals surface area contributed by atoms with Gasteiger partial charge in [0, 0.05) is 30.7 Å². The van der Waals surface area contributed by atoms with Gasteiger partial charge in [-0.1, -0.05) is 18.1 Å². The van der Waals surface area contributed by atoms with Crippen LogP contribution < -0.4 is 16.4 Å². The van der Waals surface area contributed by atoms with Crippen LogP contribution >= 0.6 is 0 Å². The number of fused-ring (bicyclic) bond motifs is 1. The molecule has 1 aromatic carbocycles. The maximum absolute atomic E-state index is 6.29. The first-order valence-electron chi connectivity index (χ1n) is 8.81. The van der Waals surface area contributed by atoms with Crippen LogP contribution in [0.1, 0.15) is 37.9 Å². The first-order valence-corrected chi connectivity index (χ1v) is 8.81. The SMILES string of the molecule is C#Cc1ccc(C(N)CNc2nc(NC(C)(C)C)c3cnn(C)c3n2)cc1. The summed E-state index contributed by atoms with van der Waals surface area (Å²) in [4.78, 5) is 9.20. The molecule has 7 heteroatoms. The van der Waals surface area contributed by atoms with Crippen molar-refractivity contribution in [3.63, 3.8) is 0 Å². The zero-order valence-corrected chi connectivity index (χ0v) is 16.1. The van der Waals surface area contributed by atoms with E-state index in [-0.39, 0.29) is 11.6 Å². The molecule has 0 aliphatic rings. The third-order valence-electron chi connectivity index (χ3n) is 4.07. The van der Waals surface area contributed by atoms with Gasteiger partial charge < -0.3 is 16.4 Å². The Bertz CT molecular complexity index is 974. The minimum absolute atomic E-state index is 0.135. The van der Waals surface area contributed by atoms with Crippen LogP contribution in [-0.2, 0) is 7.05 Å². The van der Waals surface area contributed by atoms with E-state index in [2.05, 4.69) is 52.4 Å². The molecule has 1 unspecified atom stereocenters. The van der Waals surface area contributed by atoms with Crippen LogP contribution in [0.2, 0.25) is 0 Å². The van der Waals surface area contributed by atoms with Crippen molar-refractivity contribution in [2.75, 3.05) is 17.2 Å². The van der Waals surface area contributed by atoms with Gasteiger partial charge in [0.2, 0.25) is 5.95 Å². The van der Waals surface area contributed by atoms with Crippen LogP contribution in [0.3, 0.4) is 0 Å². The predicted molar refractivity (Wildman–Crippen MR) is 109 cm³/mol. The van der Waals surface area contributed by atoms with Crippen molar-refractivity contribution >= 4 is 22.8 Å². The molecule has 0 fully saturated rings. The van der Waals surface area contributed by atoms with Crippen LogP contribution in [-0.4, -0.2) is 31.8 Å². The average Bonchev–Trinajstić information content (AvgIpc) is 3.00. The van der Waals surface area contributed by atoms with E-state index >= 15 is 0 Å². The summed E-state index contributed by atoms with van der Waals surface area (Å²) in [7, 11) is 1.86. The molecule has 2 aromatic heterocycles. The molecule has 0 saturated carbocycles. The normalized spacial score (nSPS) is 12.6. The molecule has 2 heterocycles.